The van der Waals surface area contributed by atoms with Crippen LogP contribution in [0.1, 0.15) is 32.6 Å². The lowest BCUT2D eigenvalue weighted by atomic mass is 10.1. The Labute approximate surface area is 63.1 Å². The Balaban J connectivity index is 1.91. The number of allylic oxidation sites excluding steroid dienone is 1. The van der Waals surface area contributed by atoms with Crippen LogP contribution in [0.5, 0.6) is 0 Å². The van der Waals surface area contributed by atoms with Gasteiger partial charge < -0.3 is 4.74 Å². The monoisotopic (exact) mass is 140 g/mol. The molecule has 2 atom stereocenters. The summed E-state index contributed by atoms with van der Waals surface area (Å²) in [5.74, 6) is 0. The van der Waals surface area contributed by atoms with Gasteiger partial charge in [-0.1, -0.05) is 13.0 Å². The molecular weight excluding hydrogens is 124 g/mol. The SMILES string of the molecule is C=CCCC[C@H]1O[C@H]1CC. The second-order valence-electron chi connectivity index (χ2n) is 2.84. The topological polar surface area (TPSA) is 12.5 Å². The highest BCUT2D eigenvalue weighted by Gasteiger charge is 2.35. The van der Waals surface area contributed by atoms with Gasteiger partial charge in [-0.25, -0.2) is 0 Å². The van der Waals surface area contributed by atoms with Crippen molar-refractivity contribution >= 4 is 0 Å². The first-order valence-corrected chi connectivity index (χ1v) is 4.14. The summed E-state index contributed by atoms with van der Waals surface area (Å²) in [5.41, 5.74) is 0. The maximum Gasteiger partial charge on any atom is 0.0841 e. The predicted octanol–water partition coefficient (Wildman–Crippen LogP) is 2.52. The van der Waals surface area contributed by atoms with Crippen molar-refractivity contribution in [2.75, 3.05) is 0 Å². The fourth-order valence-electron chi connectivity index (χ4n) is 1.26. The molecule has 1 nitrogen and oxygen atoms in total. The fourth-order valence-corrected chi connectivity index (χ4v) is 1.26. The molecule has 1 aliphatic heterocycles. The van der Waals surface area contributed by atoms with Crippen LogP contribution >= 0.6 is 0 Å². The summed E-state index contributed by atoms with van der Waals surface area (Å²) in [6.07, 6.45) is 7.93. The molecule has 0 spiro atoms. The molecule has 1 rings (SSSR count). The van der Waals surface area contributed by atoms with E-state index >= 15 is 0 Å². The lowest BCUT2D eigenvalue weighted by Gasteiger charge is -1.90. The fraction of sp³-hybridized carbons (Fsp3) is 0.778. The third kappa shape index (κ3) is 2.14. The number of epoxide rings is 1. The van der Waals surface area contributed by atoms with Crippen LogP contribution in [0, 0.1) is 0 Å². The zero-order chi connectivity index (χ0) is 7.40. The Hall–Kier alpha value is -0.300. The van der Waals surface area contributed by atoms with E-state index in [0.717, 1.165) is 6.42 Å². The molecule has 1 fully saturated rings. The largest absolute Gasteiger partial charge is 0.370 e. The van der Waals surface area contributed by atoms with Gasteiger partial charge in [-0.3, -0.25) is 0 Å². The first-order valence-electron chi connectivity index (χ1n) is 4.14. The first kappa shape index (κ1) is 7.80. The van der Waals surface area contributed by atoms with Crippen molar-refractivity contribution in [3.8, 4) is 0 Å². The molecule has 0 saturated carbocycles. The van der Waals surface area contributed by atoms with E-state index in [9.17, 15) is 0 Å². The second kappa shape index (κ2) is 3.77. The Kier molecular flexibility index (Phi) is 2.94. The molecule has 0 unspecified atom stereocenters. The van der Waals surface area contributed by atoms with Crippen LogP contribution in [0.2, 0.25) is 0 Å². The molecule has 1 aliphatic rings. The molecule has 0 aromatic rings. The number of hydrogen-bond donors (Lipinski definition) is 0. The van der Waals surface area contributed by atoms with Crippen molar-refractivity contribution < 1.29 is 4.74 Å². The van der Waals surface area contributed by atoms with E-state index in [2.05, 4.69) is 13.5 Å². The van der Waals surface area contributed by atoms with Gasteiger partial charge in [-0.15, -0.1) is 6.58 Å². The van der Waals surface area contributed by atoms with Crippen LogP contribution in [0.3, 0.4) is 0 Å². The molecule has 0 aromatic carbocycles. The molecular formula is C9H16O. The van der Waals surface area contributed by atoms with Crippen LogP contribution in [0.4, 0.5) is 0 Å². The zero-order valence-corrected chi connectivity index (χ0v) is 6.68. The van der Waals surface area contributed by atoms with Gasteiger partial charge in [0.25, 0.3) is 0 Å². The number of unbranched alkanes of at least 4 members (excludes halogenated alkanes) is 1. The van der Waals surface area contributed by atoms with Gasteiger partial charge in [0.2, 0.25) is 0 Å². The molecule has 58 valence electrons. The summed E-state index contributed by atoms with van der Waals surface area (Å²) >= 11 is 0. The summed E-state index contributed by atoms with van der Waals surface area (Å²) in [4.78, 5) is 0. The maximum absolute atomic E-state index is 5.38. The van der Waals surface area contributed by atoms with Crippen molar-refractivity contribution in [1.29, 1.82) is 0 Å². The van der Waals surface area contributed by atoms with Gasteiger partial charge in [-0.05, 0) is 25.7 Å². The van der Waals surface area contributed by atoms with E-state index in [-0.39, 0.29) is 0 Å². The van der Waals surface area contributed by atoms with E-state index in [1.165, 1.54) is 19.3 Å². The van der Waals surface area contributed by atoms with Gasteiger partial charge in [0, 0.05) is 0 Å². The highest BCUT2D eigenvalue weighted by Crippen LogP contribution is 2.29. The highest BCUT2D eigenvalue weighted by atomic mass is 16.6. The van der Waals surface area contributed by atoms with Crippen LogP contribution in [-0.4, -0.2) is 12.2 Å². The summed E-state index contributed by atoms with van der Waals surface area (Å²) in [5, 5.41) is 0. The Morgan fingerprint density at radius 2 is 2.30 bits per heavy atom. The average molecular weight is 140 g/mol. The van der Waals surface area contributed by atoms with Crippen LogP contribution in [-0.2, 0) is 4.74 Å². The van der Waals surface area contributed by atoms with E-state index in [0.29, 0.717) is 12.2 Å². The van der Waals surface area contributed by atoms with Gasteiger partial charge in [0.05, 0.1) is 12.2 Å². The zero-order valence-electron chi connectivity index (χ0n) is 6.68. The molecule has 0 aliphatic carbocycles. The third-order valence-electron chi connectivity index (χ3n) is 1.99. The van der Waals surface area contributed by atoms with E-state index in [4.69, 9.17) is 4.74 Å². The Bertz CT molecular complexity index is 109. The van der Waals surface area contributed by atoms with Gasteiger partial charge in [0.1, 0.15) is 0 Å². The maximum atomic E-state index is 5.38. The molecule has 1 saturated heterocycles. The molecule has 1 heteroatoms. The highest BCUT2D eigenvalue weighted by molar-refractivity contribution is 4.83. The number of ether oxygens (including phenoxy) is 1. The molecule has 0 N–H and O–H groups in total. The van der Waals surface area contributed by atoms with Gasteiger partial charge >= 0.3 is 0 Å². The van der Waals surface area contributed by atoms with Gasteiger partial charge in [-0.2, -0.15) is 0 Å². The van der Waals surface area contributed by atoms with E-state index in [1.807, 2.05) is 6.08 Å². The second-order valence-corrected chi connectivity index (χ2v) is 2.84. The lowest BCUT2D eigenvalue weighted by Crippen LogP contribution is -1.90. The minimum atomic E-state index is 0.588. The predicted molar refractivity (Wildman–Crippen MR) is 43.0 cm³/mol. The molecule has 0 bridgehead atoms. The van der Waals surface area contributed by atoms with Crippen LogP contribution in [0.25, 0.3) is 0 Å². The van der Waals surface area contributed by atoms with E-state index in [1.54, 1.807) is 0 Å². The quantitative estimate of drug-likeness (QED) is 0.325. The van der Waals surface area contributed by atoms with Crippen LogP contribution in [0.15, 0.2) is 12.7 Å². The third-order valence-corrected chi connectivity index (χ3v) is 1.99. The van der Waals surface area contributed by atoms with Crippen molar-refractivity contribution in [3.63, 3.8) is 0 Å². The summed E-state index contributed by atoms with van der Waals surface area (Å²) < 4.78 is 5.38. The van der Waals surface area contributed by atoms with Crippen LogP contribution < -0.4 is 0 Å². The minimum Gasteiger partial charge on any atom is -0.370 e. The standard InChI is InChI=1S/C9H16O/c1-3-5-6-7-9-8(4-2)10-9/h3,8-9H,1,4-7H2,2H3/t8-,9+/m0/s1. The average Bonchev–Trinajstić information content (AvgIpc) is 2.68. The normalized spacial score (nSPS) is 30.1. The number of hydrogen-bond acceptors (Lipinski definition) is 1. The summed E-state index contributed by atoms with van der Waals surface area (Å²) in [6.45, 7) is 5.86. The summed E-state index contributed by atoms with van der Waals surface area (Å²) in [7, 11) is 0. The van der Waals surface area contributed by atoms with E-state index < -0.39 is 0 Å². The van der Waals surface area contributed by atoms with Crippen molar-refractivity contribution in [2.45, 2.75) is 44.8 Å². The van der Waals surface area contributed by atoms with Crippen molar-refractivity contribution in [3.05, 3.63) is 12.7 Å². The molecule has 10 heavy (non-hydrogen) atoms. The molecule has 0 aromatic heterocycles. The number of rotatable bonds is 5. The molecule has 0 radical (unpaired) electrons. The smallest absolute Gasteiger partial charge is 0.0841 e. The Morgan fingerprint density at radius 3 is 2.80 bits per heavy atom. The summed E-state index contributed by atoms with van der Waals surface area (Å²) in [6, 6.07) is 0. The van der Waals surface area contributed by atoms with Crippen molar-refractivity contribution in [2.24, 2.45) is 0 Å². The lowest BCUT2D eigenvalue weighted by molar-refractivity contribution is 0.357. The minimum absolute atomic E-state index is 0.588. The molecule has 0 amide bonds. The van der Waals surface area contributed by atoms with Gasteiger partial charge in [0.15, 0.2) is 0 Å². The molecule has 1 heterocycles. The van der Waals surface area contributed by atoms with Crippen molar-refractivity contribution in [1.82, 2.24) is 0 Å². The Morgan fingerprint density at radius 1 is 1.50 bits per heavy atom. The first-order chi connectivity index (χ1) is 4.88.